The number of esters is 1. The lowest BCUT2D eigenvalue weighted by Gasteiger charge is -2.27. The molecular formula is C12H20N2O5. The van der Waals surface area contributed by atoms with Crippen LogP contribution in [0.15, 0.2) is 0 Å². The van der Waals surface area contributed by atoms with Gasteiger partial charge in [-0.05, 0) is 12.8 Å². The predicted octanol–water partition coefficient (Wildman–Crippen LogP) is 0.540. The number of hydrogen-bond acceptors (Lipinski definition) is 4. The van der Waals surface area contributed by atoms with Crippen LogP contribution in [0.5, 0.6) is 0 Å². The van der Waals surface area contributed by atoms with E-state index in [0.717, 1.165) is 12.8 Å². The molecule has 1 fully saturated rings. The highest BCUT2D eigenvalue weighted by Crippen LogP contribution is 2.27. The second kappa shape index (κ2) is 6.96. The molecule has 1 rings (SSSR count). The fraction of sp³-hybridized carbons (Fsp3) is 0.750. The maximum absolute atomic E-state index is 12.1. The van der Waals surface area contributed by atoms with Crippen LogP contribution >= 0.6 is 0 Å². The Morgan fingerprint density at radius 1 is 1.21 bits per heavy atom. The zero-order chi connectivity index (χ0) is 14.4. The lowest BCUT2D eigenvalue weighted by atomic mass is 10.3. The highest BCUT2D eigenvalue weighted by molar-refractivity contribution is 5.77. The van der Waals surface area contributed by atoms with Crippen molar-refractivity contribution in [2.45, 2.75) is 31.7 Å². The number of carbonyl (C=O) groups is 3. The summed E-state index contributed by atoms with van der Waals surface area (Å²) in [5.41, 5.74) is 0. The van der Waals surface area contributed by atoms with E-state index in [1.807, 2.05) is 0 Å². The Hall–Kier alpha value is -1.79. The van der Waals surface area contributed by atoms with E-state index in [9.17, 15) is 14.4 Å². The third-order valence-corrected chi connectivity index (χ3v) is 3.01. The number of carbonyl (C=O) groups excluding carboxylic acids is 2. The van der Waals surface area contributed by atoms with Crippen molar-refractivity contribution >= 4 is 18.0 Å². The first-order valence-electron chi connectivity index (χ1n) is 6.26. The molecule has 7 nitrogen and oxygen atoms in total. The molecule has 0 aliphatic heterocycles. The van der Waals surface area contributed by atoms with E-state index in [4.69, 9.17) is 5.11 Å². The van der Waals surface area contributed by atoms with E-state index in [-0.39, 0.29) is 44.0 Å². The predicted molar refractivity (Wildman–Crippen MR) is 66.6 cm³/mol. The second-order valence-corrected chi connectivity index (χ2v) is 4.60. The molecule has 0 unspecified atom stereocenters. The Morgan fingerprint density at radius 2 is 1.84 bits per heavy atom. The first-order chi connectivity index (χ1) is 8.95. The second-order valence-electron chi connectivity index (χ2n) is 4.60. The summed E-state index contributed by atoms with van der Waals surface area (Å²) in [4.78, 5) is 36.7. The maximum atomic E-state index is 12.1. The molecule has 0 aromatic heterocycles. The maximum Gasteiger partial charge on any atom is 0.320 e. The molecule has 0 spiro atoms. The molecule has 1 aliphatic carbocycles. The Morgan fingerprint density at radius 3 is 2.32 bits per heavy atom. The molecule has 7 heteroatoms. The van der Waals surface area contributed by atoms with Gasteiger partial charge in [0.25, 0.3) is 0 Å². The van der Waals surface area contributed by atoms with Crippen LogP contribution in [-0.4, -0.2) is 66.2 Å². The van der Waals surface area contributed by atoms with Gasteiger partial charge in [-0.3, -0.25) is 9.59 Å². The molecule has 0 heterocycles. The van der Waals surface area contributed by atoms with Crippen LogP contribution in [0.2, 0.25) is 0 Å². The van der Waals surface area contributed by atoms with Crippen molar-refractivity contribution in [1.29, 1.82) is 0 Å². The zero-order valence-corrected chi connectivity index (χ0v) is 11.3. The average Bonchev–Trinajstić information content (AvgIpc) is 3.19. The number of amides is 2. The molecule has 0 bridgehead atoms. The highest BCUT2D eigenvalue weighted by atomic mass is 16.5. The van der Waals surface area contributed by atoms with E-state index in [1.54, 1.807) is 11.9 Å². The van der Waals surface area contributed by atoms with Crippen molar-refractivity contribution in [1.82, 2.24) is 9.80 Å². The van der Waals surface area contributed by atoms with Gasteiger partial charge in [0, 0.05) is 26.2 Å². The lowest BCUT2D eigenvalue weighted by Crippen LogP contribution is -2.44. The van der Waals surface area contributed by atoms with Gasteiger partial charge in [0.1, 0.15) is 0 Å². The molecule has 1 aliphatic rings. The van der Waals surface area contributed by atoms with Gasteiger partial charge in [0.15, 0.2) is 0 Å². The van der Waals surface area contributed by atoms with Gasteiger partial charge in [0.2, 0.25) is 0 Å². The number of carboxylic acid groups (broad SMARTS) is 1. The minimum Gasteiger partial charge on any atom is -0.481 e. The van der Waals surface area contributed by atoms with E-state index in [0.29, 0.717) is 0 Å². The number of rotatable bonds is 7. The summed E-state index contributed by atoms with van der Waals surface area (Å²) in [5, 5.41) is 8.68. The van der Waals surface area contributed by atoms with Gasteiger partial charge in [-0.1, -0.05) is 0 Å². The normalized spacial score (nSPS) is 13.8. The van der Waals surface area contributed by atoms with Gasteiger partial charge in [0.05, 0.1) is 20.0 Å². The number of ether oxygens (including phenoxy) is 1. The van der Waals surface area contributed by atoms with Crippen LogP contribution in [-0.2, 0) is 14.3 Å². The summed E-state index contributed by atoms with van der Waals surface area (Å²) in [6.45, 7) is 0.475. The van der Waals surface area contributed by atoms with E-state index < -0.39 is 5.97 Å². The topological polar surface area (TPSA) is 87.2 Å². The summed E-state index contributed by atoms with van der Waals surface area (Å²) in [7, 11) is 2.90. The van der Waals surface area contributed by atoms with Crippen molar-refractivity contribution in [3.8, 4) is 0 Å². The summed E-state index contributed by atoms with van der Waals surface area (Å²) in [6.07, 6.45) is 1.90. The van der Waals surface area contributed by atoms with Gasteiger partial charge in [-0.15, -0.1) is 0 Å². The Labute approximate surface area is 112 Å². The molecule has 1 saturated carbocycles. The average molecular weight is 272 g/mol. The van der Waals surface area contributed by atoms with Crippen molar-refractivity contribution in [2.24, 2.45) is 0 Å². The van der Waals surface area contributed by atoms with Crippen molar-refractivity contribution in [3.05, 3.63) is 0 Å². The molecule has 0 aromatic rings. The smallest absolute Gasteiger partial charge is 0.320 e. The minimum absolute atomic E-state index is 0.0624. The zero-order valence-electron chi connectivity index (χ0n) is 11.3. The van der Waals surface area contributed by atoms with Gasteiger partial charge < -0.3 is 19.6 Å². The summed E-state index contributed by atoms with van der Waals surface area (Å²) in [6, 6.07) is -0.0833. The van der Waals surface area contributed by atoms with Crippen LogP contribution in [0.25, 0.3) is 0 Å². The Kier molecular flexibility index (Phi) is 5.59. The third-order valence-electron chi connectivity index (χ3n) is 3.01. The van der Waals surface area contributed by atoms with E-state index in [2.05, 4.69) is 4.74 Å². The highest BCUT2D eigenvalue weighted by Gasteiger charge is 2.34. The number of aliphatic carboxylic acids is 1. The Bertz CT molecular complexity index is 354. The lowest BCUT2D eigenvalue weighted by molar-refractivity contribution is -0.140. The molecule has 0 aromatic carbocycles. The first kappa shape index (κ1) is 15.3. The van der Waals surface area contributed by atoms with E-state index >= 15 is 0 Å². The Balaban J connectivity index is 2.46. The van der Waals surface area contributed by atoms with Gasteiger partial charge in [-0.2, -0.15) is 0 Å². The summed E-state index contributed by atoms with van der Waals surface area (Å²) >= 11 is 0. The molecule has 0 saturated heterocycles. The summed E-state index contributed by atoms with van der Waals surface area (Å²) in [5.74, 6) is -1.29. The van der Waals surface area contributed by atoms with Crippen molar-refractivity contribution in [2.75, 3.05) is 27.2 Å². The van der Waals surface area contributed by atoms with Crippen LogP contribution in [0.3, 0.4) is 0 Å². The fourth-order valence-corrected chi connectivity index (χ4v) is 1.71. The van der Waals surface area contributed by atoms with Crippen molar-refractivity contribution < 1.29 is 24.2 Å². The monoisotopic (exact) mass is 272 g/mol. The summed E-state index contributed by atoms with van der Waals surface area (Å²) < 4.78 is 4.51. The van der Waals surface area contributed by atoms with Gasteiger partial charge in [-0.25, -0.2) is 4.79 Å². The number of carboxylic acids is 1. The number of hydrogen-bond donors (Lipinski definition) is 1. The SMILES string of the molecule is COC(=O)CCN(C)C(=O)N(CCC(=O)O)C1CC1. The molecule has 108 valence electrons. The number of methoxy groups -OCH3 is 1. The van der Waals surface area contributed by atoms with Crippen LogP contribution in [0.4, 0.5) is 4.79 Å². The van der Waals surface area contributed by atoms with Crippen LogP contribution in [0.1, 0.15) is 25.7 Å². The largest absolute Gasteiger partial charge is 0.481 e. The molecule has 0 atom stereocenters. The molecule has 1 N–H and O–H groups in total. The number of urea groups is 1. The molecule has 19 heavy (non-hydrogen) atoms. The van der Waals surface area contributed by atoms with Crippen LogP contribution < -0.4 is 0 Å². The third kappa shape index (κ3) is 5.15. The minimum atomic E-state index is -0.921. The fourth-order valence-electron chi connectivity index (χ4n) is 1.71. The molecule has 0 radical (unpaired) electrons. The quantitative estimate of drug-likeness (QED) is 0.683. The van der Waals surface area contributed by atoms with Crippen LogP contribution in [0, 0.1) is 0 Å². The molecule has 2 amide bonds. The van der Waals surface area contributed by atoms with Crippen molar-refractivity contribution in [3.63, 3.8) is 0 Å². The first-order valence-corrected chi connectivity index (χ1v) is 6.26. The van der Waals surface area contributed by atoms with Gasteiger partial charge >= 0.3 is 18.0 Å². The molecular weight excluding hydrogens is 252 g/mol. The number of nitrogens with zero attached hydrogens (tertiary/aromatic N) is 2. The standard InChI is InChI=1S/C12H20N2O5/c1-13(7-6-11(17)19-2)12(18)14(9-3-4-9)8-5-10(15)16/h9H,3-8H2,1-2H3,(H,15,16). The van der Waals surface area contributed by atoms with E-state index in [1.165, 1.54) is 12.0 Å².